The van der Waals surface area contributed by atoms with Crippen LogP contribution in [0.15, 0.2) is 65.4 Å². The summed E-state index contributed by atoms with van der Waals surface area (Å²) in [4.78, 5) is 19.4. The topological polar surface area (TPSA) is 55.6 Å². The molecule has 1 fully saturated rings. The zero-order chi connectivity index (χ0) is 17.9. The van der Waals surface area contributed by atoms with Gasteiger partial charge in [-0.2, -0.15) is 0 Å². The summed E-state index contributed by atoms with van der Waals surface area (Å²) < 4.78 is 11.2. The first-order valence-electron chi connectivity index (χ1n) is 8.69. The summed E-state index contributed by atoms with van der Waals surface area (Å²) in [5.41, 5.74) is 3.49. The third kappa shape index (κ3) is 3.13. The van der Waals surface area contributed by atoms with Gasteiger partial charge in [0.05, 0.1) is 25.1 Å². The number of morpholine rings is 1. The van der Waals surface area contributed by atoms with Gasteiger partial charge >= 0.3 is 0 Å². The summed E-state index contributed by atoms with van der Waals surface area (Å²) in [6, 6.07) is 15.3. The number of carbonyl (C=O) groups excluding carboxylic acids is 1. The number of pyridine rings is 1. The lowest BCUT2D eigenvalue weighted by molar-refractivity contribution is -0.0321. The van der Waals surface area contributed by atoms with Gasteiger partial charge in [0, 0.05) is 23.9 Å². The SMILES string of the molecule is Cc1c(C(=O)N2CCO[C@@H](c3ccco3)C2)cccc1-c1ccccn1. The van der Waals surface area contributed by atoms with E-state index in [1.54, 1.807) is 12.5 Å². The minimum Gasteiger partial charge on any atom is -0.467 e. The fraction of sp³-hybridized carbons (Fsp3) is 0.238. The second-order valence-electron chi connectivity index (χ2n) is 6.32. The predicted octanol–water partition coefficient (Wildman–Crippen LogP) is 3.86. The molecule has 2 aromatic heterocycles. The van der Waals surface area contributed by atoms with Crippen LogP contribution < -0.4 is 0 Å². The first-order valence-corrected chi connectivity index (χ1v) is 8.69. The van der Waals surface area contributed by atoms with Gasteiger partial charge in [0.2, 0.25) is 0 Å². The second-order valence-corrected chi connectivity index (χ2v) is 6.32. The third-order valence-corrected chi connectivity index (χ3v) is 4.72. The molecule has 1 atom stereocenters. The van der Waals surface area contributed by atoms with Crippen LogP contribution in [0.5, 0.6) is 0 Å². The molecule has 1 aliphatic heterocycles. The molecule has 132 valence electrons. The van der Waals surface area contributed by atoms with Gasteiger partial charge in [0.25, 0.3) is 5.91 Å². The molecule has 1 saturated heterocycles. The fourth-order valence-electron chi connectivity index (χ4n) is 3.32. The summed E-state index contributed by atoms with van der Waals surface area (Å²) >= 11 is 0. The number of carbonyl (C=O) groups is 1. The van der Waals surface area contributed by atoms with Crippen molar-refractivity contribution in [2.24, 2.45) is 0 Å². The number of nitrogens with zero attached hydrogens (tertiary/aromatic N) is 2. The maximum Gasteiger partial charge on any atom is 0.254 e. The van der Waals surface area contributed by atoms with Gasteiger partial charge in [-0.15, -0.1) is 0 Å². The highest BCUT2D eigenvalue weighted by Gasteiger charge is 2.28. The van der Waals surface area contributed by atoms with E-state index in [2.05, 4.69) is 4.98 Å². The summed E-state index contributed by atoms with van der Waals surface area (Å²) in [5, 5.41) is 0. The molecule has 0 bridgehead atoms. The Labute approximate surface area is 152 Å². The van der Waals surface area contributed by atoms with E-state index in [-0.39, 0.29) is 12.0 Å². The van der Waals surface area contributed by atoms with Gasteiger partial charge in [0.1, 0.15) is 11.9 Å². The lowest BCUT2D eigenvalue weighted by atomic mass is 9.98. The Morgan fingerprint density at radius 2 is 2.08 bits per heavy atom. The van der Waals surface area contributed by atoms with Gasteiger partial charge in [-0.25, -0.2) is 0 Å². The standard InChI is InChI=1S/C21H20N2O3/c1-15-16(18-8-2-3-10-22-18)6-4-7-17(15)21(24)23-11-13-26-20(14-23)19-9-5-12-25-19/h2-10,12,20H,11,13-14H2,1H3/t20-/m1/s1. The first kappa shape index (κ1) is 16.5. The monoisotopic (exact) mass is 348 g/mol. The van der Waals surface area contributed by atoms with Crippen molar-refractivity contribution in [3.8, 4) is 11.3 Å². The smallest absolute Gasteiger partial charge is 0.254 e. The Bertz CT molecular complexity index is 891. The van der Waals surface area contributed by atoms with Crippen LogP contribution in [0.1, 0.15) is 27.8 Å². The van der Waals surface area contributed by atoms with Crippen LogP contribution in [-0.2, 0) is 4.74 Å². The number of hydrogen-bond acceptors (Lipinski definition) is 4. The van der Waals surface area contributed by atoms with Crippen LogP contribution in [0, 0.1) is 6.92 Å². The van der Waals surface area contributed by atoms with Gasteiger partial charge < -0.3 is 14.1 Å². The molecule has 3 aromatic rings. The molecule has 4 rings (SSSR count). The van der Waals surface area contributed by atoms with Gasteiger partial charge in [-0.1, -0.05) is 18.2 Å². The Balaban J connectivity index is 1.60. The number of furan rings is 1. The Hall–Kier alpha value is -2.92. The minimum atomic E-state index is -0.220. The zero-order valence-electron chi connectivity index (χ0n) is 14.6. The van der Waals surface area contributed by atoms with E-state index in [1.807, 2.05) is 60.4 Å². The number of ether oxygens (including phenoxy) is 1. The predicted molar refractivity (Wildman–Crippen MR) is 97.7 cm³/mol. The van der Waals surface area contributed by atoms with Crippen LogP contribution in [0.3, 0.4) is 0 Å². The van der Waals surface area contributed by atoms with Crippen LogP contribution in [0.4, 0.5) is 0 Å². The average Bonchev–Trinajstić information content (AvgIpc) is 3.23. The number of aromatic nitrogens is 1. The van der Waals surface area contributed by atoms with Gasteiger partial charge in [-0.05, 0) is 42.8 Å². The molecule has 5 nitrogen and oxygen atoms in total. The van der Waals surface area contributed by atoms with E-state index in [0.29, 0.717) is 25.3 Å². The van der Waals surface area contributed by atoms with E-state index in [4.69, 9.17) is 9.15 Å². The summed E-state index contributed by atoms with van der Waals surface area (Å²) in [6.45, 7) is 3.53. The van der Waals surface area contributed by atoms with Crippen LogP contribution in [-0.4, -0.2) is 35.5 Å². The minimum absolute atomic E-state index is 0.0140. The lowest BCUT2D eigenvalue weighted by Crippen LogP contribution is -2.42. The molecule has 0 N–H and O–H groups in total. The highest BCUT2D eigenvalue weighted by Crippen LogP contribution is 2.27. The summed E-state index contributed by atoms with van der Waals surface area (Å²) in [5.74, 6) is 0.765. The Kier molecular flexibility index (Phi) is 4.54. The molecule has 0 aliphatic carbocycles. The normalized spacial score (nSPS) is 17.3. The maximum absolute atomic E-state index is 13.1. The molecule has 0 radical (unpaired) electrons. The van der Waals surface area contributed by atoms with Crippen LogP contribution in [0.2, 0.25) is 0 Å². The van der Waals surface area contributed by atoms with E-state index >= 15 is 0 Å². The molecule has 26 heavy (non-hydrogen) atoms. The largest absolute Gasteiger partial charge is 0.467 e. The van der Waals surface area contributed by atoms with Gasteiger partial charge in [-0.3, -0.25) is 9.78 Å². The van der Waals surface area contributed by atoms with Crippen molar-refractivity contribution in [2.45, 2.75) is 13.0 Å². The summed E-state index contributed by atoms with van der Waals surface area (Å²) in [6.07, 6.45) is 3.17. The fourth-order valence-corrected chi connectivity index (χ4v) is 3.32. The van der Waals surface area contributed by atoms with E-state index < -0.39 is 0 Å². The number of benzene rings is 1. The second kappa shape index (κ2) is 7.14. The van der Waals surface area contributed by atoms with E-state index in [0.717, 1.165) is 22.6 Å². The van der Waals surface area contributed by atoms with Crippen molar-refractivity contribution in [1.29, 1.82) is 0 Å². The molecule has 0 saturated carbocycles. The number of rotatable bonds is 3. The quantitative estimate of drug-likeness (QED) is 0.721. The Morgan fingerprint density at radius 1 is 1.15 bits per heavy atom. The molecule has 5 heteroatoms. The number of amides is 1. The molecule has 1 aromatic carbocycles. The molecule has 0 spiro atoms. The van der Waals surface area contributed by atoms with Crippen molar-refractivity contribution >= 4 is 5.91 Å². The van der Waals surface area contributed by atoms with Crippen molar-refractivity contribution in [1.82, 2.24) is 9.88 Å². The summed E-state index contributed by atoms with van der Waals surface area (Å²) in [7, 11) is 0. The molecule has 0 unspecified atom stereocenters. The van der Waals surface area contributed by atoms with Crippen LogP contribution >= 0.6 is 0 Å². The molecular weight excluding hydrogens is 328 g/mol. The van der Waals surface area contributed by atoms with Crippen molar-refractivity contribution in [2.75, 3.05) is 19.7 Å². The maximum atomic E-state index is 13.1. The van der Waals surface area contributed by atoms with Crippen molar-refractivity contribution < 1.29 is 13.9 Å². The number of hydrogen-bond donors (Lipinski definition) is 0. The molecular formula is C21H20N2O3. The highest BCUT2D eigenvalue weighted by atomic mass is 16.5. The zero-order valence-corrected chi connectivity index (χ0v) is 14.6. The van der Waals surface area contributed by atoms with Crippen LogP contribution in [0.25, 0.3) is 11.3 Å². The third-order valence-electron chi connectivity index (χ3n) is 4.72. The van der Waals surface area contributed by atoms with Crippen molar-refractivity contribution in [3.63, 3.8) is 0 Å². The van der Waals surface area contributed by atoms with Crippen molar-refractivity contribution in [3.05, 3.63) is 77.9 Å². The molecule has 3 heterocycles. The average molecular weight is 348 g/mol. The molecule has 1 amide bonds. The Morgan fingerprint density at radius 3 is 2.85 bits per heavy atom. The first-order chi connectivity index (χ1) is 12.7. The van der Waals surface area contributed by atoms with E-state index in [9.17, 15) is 4.79 Å². The molecule has 1 aliphatic rings. The van der Waals surface area contributed by atoms with Gasteiger partial charge in [0.15, 0.2) is 0 Å². The lowest BCUT2D eigenvalue weighted by Gasteiger charge is -2.32. The van der Waals surface area contributed by atoms with E-state index in [1.165, 1.54) is 0 Å². The highest BCUT2D eigenvalue weighted by molar-refractivity contribution is 5.97.